The first-order valence-corrected chi connectivity index (χ1v) is 8.89. The fourth-order valence-corrected chi connectivity index (χ4v) is 4.13. The van der Waals surface area contributed by atoms with Crippen LogP contribution in [0.3, 0.4) is 0 Å². The number of nitrogens with one attached hydrogen (secondary N) is 1. The summed E-state index contributed by atoms with van der Waals surface area (Å²) in [5.41, 5.74) is 0.239. The van der Waals surface area contributed by atoms with Crippen molar-refractivity contribution in [3.05, 3.63) is 0 Å². The van der Waals surface area contributed by atoms with Gasteiger partial charge in [-0.1, -0.05) is 19.8 Å². The molecule has 0 aromatic carbocycles. The van der Waals surface area contributed by atoms with Crippen molar-refractivity contribution in [1.29, 1.82) is 0 Å². The molecule has 0 bridgehead atoms. The maximum Gasteiger partial charge on any atom is 0.0126 e. The fraction of sp³-hybridized carbons (Fsp3) is 1.00. The molecule has 2 fully saturated rings. The van der Waals surface area contributed by atoms with Gasteiger partial charge in [0, 0.05) is 17.6 Å². The van der Waals surface area contributed by atoms with E-state index in [4.69, 9.17) is 0 Å². The van der Waals surface area contributed by atoms with Crippen LogP contribution in [0.2, 0.25) is 0 Å². The van der Waals surface area contributed by atoms with E-state index in [1.807, 2.05) is 0 Å². The number of nitrogens with zero attached hydrogens (tertiary/aromatic N) is 1. The van der Waals surface area contributed by atoms with E-state index in [0.29, 0.717) is 0 Å². The van der Waals surface area contributed by atoms with Gasteiger partial charge >= 0.3 is 0 Å². The number of fused-ring (bicyclic) bond motifs is 1. The van der Waals surface area contributed by atoms with E-state index in [0.717, 1.165) is 30.5 Å². The Labute approximate surface area is 126 Å². The van der Waals surface area contributed by atoms with Crippen molar-refractivity contribution in [1.82, 2.24) is 10.2 Å². The normalized spacial score (nSPS) is 31.6. The van der Waals surface area contributed by atoms with Crippen LogP contribution in [0.1, 0.15) is 73.1 Å². The minimum atomic E-state index is 0.239. The molecule has 2 nitrogen and oxygen atoms in total. The second-order valence-corrected chi connectivity index (χ2v) is 8.34. The standard InChI is InChI=1S/C18H36N2/c1-14(13-19-18(3,4)5)15(2)20-12-8-10-16-9-6-7-11-17(16)20/h14-17,19H,6-13H2,1-5H3/t14?,15?,16-,17-/m1/s1. The van der Waals surface area contributed by atoms with Crippen molar-refractivity contribution in [2.45, 2.75) is 90.8 Å². The van der Waals surface area contributed by atoms with E-state index < -0.39 is 0 Å². The van der Waals surface area contributed by atoms with Gasteiger partial charge in [-0.3, -0.25) is 4.90 Å². The van der Waals surface area contributed by atoms with Crippen LogP contribution in [0.4, 0.5) is 0 Å². The monoisotopic (exact) mass is 280 g/mol. The van der Waals surface area contributed by atoms with Gasteiger partial charge in [-0.15, -0.1) is 0 Å². The van der Waals surface area contributed by atoms with Gasteiger partial charge in [-0.05, 0) is 78.3 Å². The Bertz CT molecular complexity index is 292. The average molecular weight is 280 g/mol. The van der Waals surface area contributed by atoms with Crippen LogP contribution in [-0.4, -0.2) is 35.6 Å². The summed E-state index contributed by atoms with van der Waals surface area (Å²) < 4.78 is 0. The molecule has 1 heterocycles. The minimum absolute atomic E-state index is 0.239. The summed E-state index contributed by atoms with van der Waals surface area (Å²) in [7, 11) is 0. The zero-order valence-electron chi connectivity index (χ0n) is 14.4. The lowest BCUT2D eigenvalue weighted by molar-refractivity contribution is 0.0133. The van der Waals surface area contributed by atoms with E-state index >= 15 is 0 Å². The summed E-state index contributed by atoms with van der Waals surface area (Å²) in [6, 6.07) is 1.61. The molecule has 1 aliphatic heterocycles. The Kier molecular flexibility index (Phi) is 5.53. The van der Waals surface area contributed by atoms with E-state index in [-0.39, 0.29) is 5.54 Å². The summed E-state index contributed by atoms with van der Waals surface area (Å²) in [5.74, 6) is 1.73. The van der Waals surface area contributed by atoms with Crippen LogP contribution in [0.15, 0.2) is 0 Å². The Hall–Kier alpha value is -0.0800. The molecule has 0 amide bonds. The average Bonchev–Trinajstić information content (AvgIpc) is 2.42. The summed E-state index contributed by atoms with van der Waals surface area (Å²) >= 11 is 0. The van der Waals surface area contributed by atoms with Crippen LogP contribution in [-0.2, 0) is 0 Å². The summed E-state index contributed by atoms with van der Waals surface area (Å²) in [6.45, 7) is 14.2. The molecule has 1 N–H and O–H groups in total. The van der Waals surface area contributed by atoms with Crippen molar-refractivity contribution in [2.75, 3.05) is 13.1 Å². The highest BCUT2D eigenvalue weighted by molar-refractivity contribution is 4.91. The number of hydrogen-bond acceptors (Lipinski definition) is 2. The maximum absolute atomic E-state index is 3.69. The number of rotatable bonds is 4. The molecule has 0 spiro atoms. The van der Waals surface area contributed by atoms with Gasteiger partial charge in [-0.25, -0.2) is 0 Å². The van der Waals surface area contributed by atoms with Crippen molar-refractivity contribution in [3.63, 3.8) is 0 Å². The lowest BCUT2D eigenvalue weighted by Gasteiger charge is -2.48. The summed E-state index contributed by atoms with van der Waals surface area (Å²) in [5, 5.41) is 3.69. The third-order valence-electron chi connectivity index (χ3n) is 5.59. The van der Waals surface area contributed by atoms with Gasteiger partial charge in [0.05, 0.1) is 0 Å². The lowest BCUT2D eigenvalue weighted by atomic mass is 9.77. The zero-order chi connectivity index (χ0) is 14.8. The molecule has 2 unspecified atom stereocenters. The van der Waals surface area contributed by atoms with Gasteiger partial charge in [0.15, 0.2) is 0 Å². The van der Waals surface area contributed by atoms with Gasteiger partial charge in [0.2, 0.25) is 0 Å². The molecule has 20 heavy (non-hydrogen) atoms. The molecular weight excluding hydrogens is 244 g/mol. The smallest absolute Gasteiger partial charge is 0.0126 e. The third kappa shape index (κ3) is 4.21. The van der Waals surface area contributed by atoms with Crippen molar-refractivity contribution < 1.29 is 0 Å². The zero-order valence-corrected chi connectivity index (χ0v) is 14.4. The molecule has 0 radical (unpaired) electrons. The molecule has 0 aromatic rings. The highest BCUT2D eigenvalue weighted by atomic mass is 15.2. The van der Waals surface area contributed by atoms with E-state index in [1.165, 1.54) is 45.1 Å². The van der Waals surface area contributed by atoms with Crippen LogP contribution in [0, 0.1) is 11.8 Å². The van der Waals surface area contributed by atoms with E-state index in [9.17, 15) is 0 Å². The minimum Gasteiger partial charge on any atom is -0.312 e. The molecule has 1 saturated heterocycles. The van der Waals surface area contributed by atoms with Gasteiger partial charge in [0.25, 0.3) is 0 Å². The SMILES string of the molecule is CC(CNC(C)(C)C)C(C)N1CCC[C@H]2CCCC[C@H]21. The van der Waals surface area contributed by atoms with E-state index in [2.05, 4.69) is 44.8 Å². The highest BCUT2D eigenvalue weighted by Crippen LogP contribution is 2.37. The Morgan fingerprint density at radius 1 is 1.05 bits per heavy atom. The molecule has 2 rings (SSSR count). The first kappa shape index (κ1) is 16.3. The second-order valence-electron chi connectivity index (χ2n) is 8.34. The largest absolute Gasteiger partial charge is 0.312 e. The summed E-state index contributed by atoms with van der Waals surface area (Å²) in [4.78, 5) is 2.86. The second kappa shape index (κ2) is 6.79. The predicted octanol–water partition coefficient (Wildman–Crippen LogP) is 4.05. The molecule has 1 aliphatic carbocycles. The fourth-order valence-electron chi connectivity index (χ4n) is 4.13. The maximum atomic E-state index is 3.69. The molecule has 2 aliphatic rings. The molecule has 1 saturated carbocycles. The lowest BCUT2D eigenvalue weighted by Crippen LogP contribution is -2.54. The molecule has 2 heteroatoms. The van der Waals surface area contributed by atoms with Crippen LogP contribution < -0.4 is 5.32 Å². The molecular formula is C18H36N2. The molecule has 0 aromatic heterocycles. The third-order valence-corrected chi connectivity index (χ3v) is 5.59. The van der Waals surface area contributed by atoms with Crippen molar-refractivity contribution in [3.8, 4) is 0 Å². The topological polar surface area (TPSA) is 15.3 Å². The van der Waals surface area contributed by atoms with Gasteiger partial charge < -0.3 is 5.32 Å². The van der Waals surface area contributed by atoms with Crippen molar-refractivity contribution in [2.24, 2.45) is 11.8 Å². The van der Waals surface area contributed by atoms with Crippen LogP contribution in [0.25, 0.3) is 0 Å². The summed E-state index contributed by atoms with van der Waals surface area (Å²) in [6.07, 6.45) is 8.79. The highest BCUT2D eigenvalue weighted by Gasteiger charge is 2.36. The number of piperidine rings is 1. The quantitative estimate of drug-likeness (QED) is 0.835. The molecule has 4 atom stereocenters. The Morgan fingerprint density at radius 3 is 2.40 bits per heavy atom. The van der Waals surface area contributed by atoms with Crippen LogP contribution in [0.5, 0.6) is 0 Å². The Morgan fingerprint density at radius 2 is 1.70 bits per heavy atom. The molecule has 118 valence electrons. The predicted molar refractivity (Wildman–Crippen MR) is 88.1 cm³/mol. The first-order valence-electron chi connectivity index (χ1n) is 8.89. The van der Waals surface area contributed by atoms with E-state index in [1.54, 1.807) is 0 Å². The number of likely N-dealkylation sites (tertiary alicyclic amines) is 1. The van der Waals surface area contributed by atoms with Crippen LogP contribution >= 0.6 is 0 Å². The van der Waals surface area contributed by atoms with Gasteiger partial charge in [-0.2, -0.15) is 0 Å². The van der Waals surface area contributed by atoms with Crippen molar-refractivity contribution >= 4 is 0 Å². The Balaban J connectivity index is 1.91. The first-order chi connectivity index (χ1) is 9.38. The van der Waals surface area contributed by atoms with Gasteiger partial charge in [0.1, 0.15) is 0 Å². The number of hydrogen-bond donors (Lipinski definition) is 1.